The summed E-state index contributed by atoms with van der Waals surface area (Å²) < 4.78 is 5.58. The number of rotatable bonds is 5. The number of hydrogen-bond donors (Lipinski definition) is 1. The summed E-state index contributed by atoms with van der Waals surface area (Å²) in [5, 5.41) is 12.6. The number of anilines is 1. The molecule has 2 aromatic rings. The van der Waals surface area contributed by atoms with Gasteiger partial charge in [0.25, 0.3) is 11.8 Å². The van der Waals surface area contributed by atoms with E-state index in [9.17, 15) is 19.7 Å². The number of halogens is 1. The number of nitrogens with zero attached hydrogens (tertiary/aromatic N) is 2. The molecule has 28 heavy (non-hydrogen) atoms. The van der Waals surface area contributed by atoms with Crippen LogP contribution in [0.5, 0.6) is 5.75 Å². The molecule has 0 aromatic heterocycles. The van der Waals surface area contributed by atoms with Crippen molar-refractivity contribution in [2.24, 2.45) is 0 Å². The first-order valence-corrected chi connectivity index (χ1v) is 8.72. The van der Waals surface area contributed by atoms with Gasteiger partial charge in [0.1, 0.15) is 5.57 Å². The Morgan fingerprint density at radius 1 is 1.21 bits per heavy atom. The largest absolute Gasteiger partial charge is 0.484 e. The SMILES string of the molecule is CC(C)Oc1c(C=C2C(=O)NN(c3ccccc3)C2=O)cc(Cl)cc1[N+](=O)[O-]. The summed E-state index contributed by atoms with van der Waals surface area (Å²) in [4.78, 5) is 35.9. The van der Waals surface area contributed by atoms with E-state index in [1.165, 1.54) is 12.1 Å². The third-order valence-corrected chi connectivity index (χ3v) is 4.04. The number of nitrogens with one attached hydrogen (secondary N) is 1. The van der Waals surface area contributed by atoms with Gasteiger partial charge in [0.15, 0.2) is 0 Å². The van der Waals surface area contributed by atoms with Gasteiger partial charge in [0.2, 0.25) is 5.75 Å². The standard InChI is InChI=1S/C19H16ClN3O5/c1-11(2)28-17-12(8-13(20)10-16(17)23(26)27)9-15-18(24)21-22(19(15)25)14-6-4-3-5-7-14/h3-11H,1-2H3,(H,21,24). The smallest absolute Gasteiger partial charge is 0.313 e. The van der Waals surface area contributed by atoms with Crippen LogP contribution in [0.4, 0.5) is 11.4 Å². The van der Waals surface area contributed by atoms with Crippen LogP contribution in [0, 0.1) is 10.1 Å². The number of nitro benzene ring substituents is 1. The van der Waals surface area contributed by atoms with Crippen LogP contribution in [0.3, 0.4) is 0 Å². The third kappa shape index (κ3) is 3.81. The second-order valence-electron chi connectivity index (χ2n) is 6.24. The predicted octanol–water partition coefficient (Wildman–Crippen LogP) is 3.50. The highest BCUT2D eigenvalue weighted by Crippen LogP contribution is 2.37. The van der Waals surface area contributed by atoms with Crippen molar-refractivity contribution >= 4 is 40.9 Å². The Morgan fingerprint density at radius 2 is 1.89 bits per heavy atom. The van der Waals surface area contributed by atoms with Gasteiger partial charge >= 0.3 is 5.69 Å². The molecule has 8 nitrogen and oxygen atoms in total. The second kappa shape index (κ2) is 7.69. The summed E-state index contributed by atoms with van der Waals surface area (Å²) in [7, 11) is 0. The van der Waals surface area contributed by atoms with Crippen molar-refractivity contribution in [3.05, 3.63) is 68.7 Å². The number of para-hydroxylation sites is 1. The van der Waals surface area contributed by atoms with Crippen LogP contribution in [0.2, 0.25) is 5.02 Å². The average Bonchev–Trinajstić information content (AvgIpc) is 2.92. The number of ether oxygens (including phenoxy) is 1. The van der Waals surface area contributed by atoms with Crippen molar-refractivity contribution in [2.75, 3.05) is 5.01 Å². The molecule has 1 fully saturated rings. The van der Waals surface area contributed by atoms with Crippen LogP contribution in [-0.2, 0) is 9.59 Å². The molecule has 2 aromatic carbocycles. The Bertz CT molecular complexity index is 989. The van der Waals surface area contributed by atoms with Crippen molar-refractivity contribution < 1.29 is 19.2 Å². The zero-order valence-electron chi connectivity index (χ0n) is 15.0. The van der Waals surface area contributed by atoms with E-state index in [1.54, 1.807) is 44.2 Å². The van der Waals surface area contributed by atoms with E-state index in [0.717, 1.165) is 11.1 Å². The minimum atomic E-state index is -0.632. The number of nitro groups is 1. The summed E-state index contributed by atoms with van der Waals surface area (Å²) in [5.41, 5.74) is 2.59. The number of hydrazine groups is 1. The van der Waals surface area contributed by atoms with Crippen molar-refractivity contribution in [1.82, 2.24) is 5.43 Å². The van der Waals surface area contributed by atoms with Crippen molar-refractivity contribution in [3.8, 4) is 5.75 Å². The van der Waals surface area contributed by atoms with Gasteiger partial charge in [-0.05, 0) is 38.1 Å². The first-order chi connectivity index (χ1) is 13.3. The van der Waals surface area contributed by atoms with E-state index >= 15 is 0 Å². The maximum absolute atomic E-state index is 12.7. The summed E-state index contributed by atoms with van der Waals surface area (Å²) >= 11 is 6.00. The first-order valence-electron chi connectivity index (χ1n) is 8.34. The molecule has 0 unspecified atom stereocenters. The van der Waals surface area contributed by atoms with E-state index in [4.69, 9.17) is 16.3 Å². The Hall–Kier alpha value is -3.39. The quantitative estimate of drug-likeness (QED) is 0.357. The normalized spacial score (nSPS) is 15.3. The maximum atomic E-state index is 12.7. The molecule has 1 N–H and O–H groups in total. The summed E-state index contributed by atoms with van der Waals surface area (Å²) in [6.45, 7) is 3.42. The summed E-state index contributed by atoms with van der Waals surface area (Å²) in [6, 6.07) is 11.1. The Labute approximate surface area is 165 Å². The van der Waals surface area contributed by atoms with Gasteiger partial charge in [-0.1, -0.05) is 29.8 Å². The lowest BCUT2D eigenvalue weighted by Crippen LogP contribution is -2.35. The van der Waals surface area contributed by atoms with Crippen LogP contribution in [-0.4, -0.2) is 22.8 Å². The Kier molecular flexibility index (Phi) is 5.32. The number of amides is 2. The van der Waals surface area contributed by atoms with Gasteiger partial charge in [-0.15, -0.1) is 0 Å². The van der Waals surface area contributed by atoms with E-state index in [2.05, 4.69) is 5.43 Å². The van der Waals surface area contributed by atoms with Crippen molar-refractivity contribution in [2.45, 2.75) is 20.0 Å². The molecule has 1 saturated heterocycles. The van der Waals surface area contributed by atoms with Crippen LogP contribution < -0.4 is 15.2 Å². The number of carbonyl (C=O) groups is 2. The molecule has 0 aliphatic carbocycles. The molecule has 144 valence electrons. The van der Waals surface area contributed by atoms with Crippen LogP contribution in [0.25, 0.3) is 6.08 Å². The topological polar surface area (TPSA) is 102 Å². The fourth-order valence-electron chi connectivity index (χ4n) is 2.68. The summed E-state index contributed by atoms with van der Waals surface area (Å²) in [6.07, 6.45) is 0.878. The highest BCUT2D eigenvalue weighted by Gasteiger charge is 2.35. The Morgan fingerprint density at radius 3 is 2.50 bits per heavy atom. The molecule has 0 saturated carbocycles. The second-order valence-corrected chi connectivity index (χ2v) is 6.68. The monoisotopic (exact) mass is 401 g/mol. The highest BCUT2D eigenvalue weighted by molar-refractivity contribution is 6.32. The van der Waals surface area contributed by atoms with Gasteiger partial charge in [0, 0.05) is 16.7 Å². The molecule has 0 bridgehead atoms. The van der Waals surface area contributed by atoms with Crippen LogP contribution in [0.1, 0.15) is 19.4 Å². The molecule has 3 rings (SSSR count). The lowest BCUT2D eigenvalue weighted by molar-refractivity contribution is -0.386. The molecule has 9 heteroatoms. The molecule has 0 radical (unpaired) electrons. The number of benzene rings is 2. The Balaban J connectivity index is 2.09. The third-order valence-electron chi connectivity index (χ3n) is 3.82. The van der Waals surface area contributed by atoms with E-state index < -0.39 is 16.7 Å². The molecule has 1 heterocycles. The van der Waals surface area contributed by atoms with Crippen molar-refractivity contribution in [3.63, 3.8) is 0 Å². The fourth-order valence-corrected chi connectivity index (χ4v) is 2.90. The zero-order chi connectivity index (χ0) is 20.4. The first kappa shape index (κ1) is 19.4. The number of hydrogen-bond acceptors (Lipinski definition) is 5. The molecule has 0 spiro atoms. The fraction of sp³-hybridized carbons (Fsp3) is 0.158. The van der Waals surface area contributed by atoms with E-state index in [1.807, 2.05) is 0 Å². The summed E-state index contributed by atoms with van der Waals surface area (Å²) in [5.74, 6) is -1.28. The molecule has 0 atom stereocenters. The molecule has 2 amide bonds. The minimum Gasteiger partial charge on any atom is -0.484 e. The van der Waals surface area contributed by atoms with E-state index in [-0.39, 0.29) is 33.7 Å². The lowest BCUT2D eigenvalue weighted by atomic mass is 10.1. The van der Waals surface area contributed by atoms with Crippen LogP contribution in [0.15, 0.2) is 48.0 Å². The number of carbonyl (C=O) groups excluding carboxylic acids is 2. The van der Waals surface area contributed by atoms with E-state index in [0.29, 0.717) is 5.69 Å². The van der Waals surface area contributed by atoms with Gasteiger partial charge in [-0.3, -0.25) is 25.1 Å². The average molecular weight is 402 g/mol. The molecular weight excluding hydrogens is 386 g/mol. The van der Waals surface area contributed by atoms with Gasteiger partial charge in [0.05, 0.1) is 16.7 Å². The predicted molar refractivity (Wildman–Crippen MR) is 104 cm³/mol. The molecule has 1 aliphatic rings. The van der Waals surface area contributed by atoms with Crippen molar-refractivity contribution in [1.29, 1.82) is 0 Å². The van der Waals surface area contributed by atoms with Crippen LogP contribution >= 0.6 is 11.6 Å². The van der Waals surface area contributed by atoms with Gasteiger partial charge < -0.3 is 4.74 Å². The van der Waals surface area contributed by atoms with Gasteiger partial charge in [-0.25, -0.2) is 5.01 Å². The maximum Gasteiger partial charge on any atom is 0.313 e. The zero-order valence-corrected chi connectivity index (χ0v) is 15.8. The molecular formula is C19H16ClN3O5. The lowest BCUT2D eigenvalue weighted by Gasteiger charge is -2.14. The molecule has 1 aliphatic heterocycles. The highest BCUT2D eigenvalue weighted by atomic mass is 35.5. The minimum absolute atomic E-state index is 0.0596. The van der Waals surface area contributed by atoms with Gasteiger partial charge in [-0.2, -0.15) is 0 Å².